The molecule has 0 aliphatic heterocycles. The molecule has 0 N–H and O–H groups in total. The van der Waals surface area contributed by atoms with Crippen molar-refractivity contribution in [3.8, 4) is 12.3 Å². The van der Waals surface area contributed by atoms with E-state index in [4.69, 9.17) is 6.42 Å². The van der Waals surface area contributed by atoms with E-state index in [1.807, 2.05) is 0 Å². The number of hydrogen-bond acceptors (Lipinski definition) is 4. The summed E-state index contributed by atoms with van der Waals surface area (Å²) in [6.45, 7) is 1.89. The standard InChI is InChI=1S/C19H16FNO4/c1-3-14-9-10-21(12-13-5-7-15(20)8-6-13)18(14)16(22)11-17(23)19(24)25-4-2/h1,5-10H,4,11-12H2,2H3. The minimum atomic E-state index is -1.05. The van der Waals surface area contributed by atoms with Gasteiger partial charge in [-0.1, -0.05) is 18.1 Å². The van der Waals surface area contributed by atoms with Gasteiger partial charge >= 0.3 is 5.97 Å². The lowest BCUT2D eigenvalue weighted by atomic mass is 10.1. The van der Waals surface area contributed by atoms with Crippen molar-refractivity contribution in [3.05, 3.63) is 59.2 Å². The van der Waals surface area contributed by atoms with Crippen LogP contribution in [0.15, 0.2) is 36.5 Å². The fraction of sp³-hybridized carbons (Fsp3) is 0.211. The molecular weight excluding hydrogens is 325 g/mol. The van der Waals surface area contributed by atoms with Gasteiger partial charge in [-0.15, -0.1) is 6.42 Å². The van der Waals surface area contributed by atoms with E-state index in [9.17, 15) is 18.8 Å². The lowest BCUT2D eigenvalue weighted by Gasteiger charge is -2.09. The summed E-state index contributed by atoms with van der Waals surface area (Å²) in [6.07, 6.45) is 6.40. The summed E-state index contributed by atoms with van der Waals surface area (Å²) in [4.78, 5) is 35.6. The van der Waals surface area contributed by atoms with Crippen molar-refractivity contribution in [2.75, 3.05) is 6.61 Å². The quantitative estimate of drug-likeness (QED) is 0.255. The Labute approximate surface area is 144 Å². The van der Waals surface area contributed by atoms with Gasteiger partial charge in [-0.05, 0) is 30.7 Å². The summed E-state index contributed by atoms with van der Waals surface area (Å²) >= 11 is 0. The molecule has 2 aromatic rings. The van der Waals surface area contributed by atoms with Crippen LogP contribution in [0.4, 0.5) is 4.39 Å². The van der Waals surface area contributed by atoms with Crippen LogP contribution in [-0.2, 0) is 20.9 Å². The fourth-order valence-electron chi connectivity index (χ4n) is 2.33. The zero-order valence-electron chi connectivity index (χ0n) is 13.6. The van der Waals surface area contributed by atoms with Crippen LogP contribution in [0, 0.1) is 18.2 Å². The third kappa shape index (κ3) is 4.42. The minimum Gasteiger partial charge on any atom is -0.460 e. The van der Waals surface area contributed by atoms with E-state index in [0.29, 0.717) is 5.56 Å². The third-order valence-electron chi connectivity index (χ3n) is 3.47. The second-order valence-corrected chi connectivity index (χ2v) is 5.22. The van der Waals surface area contributed by atoms with E-state index in [2.05, 4.69) is 10.7 Å². The zero-order valence-corrected chi connectivity index (χ0v) is 13.6. The molecule has 128 valence electrons. The number of carbonyl (C=O) groups is 3. The largest absolute Gasteiger partial charge is 0.460 e. The Hall–Kier alpha value is -3.20. The monoisotopic (exact) mass is 341 g/mol. The molecule has 0 atom stereocenters. The fourth-order valence-corrected chi connectivity index (χ4v) is 2.33. The SMILES string of the molecule is C#Cc1ccn(Cc2ccc(F)cc2)c1C(=O)CC(=O)C(=O)OCC. The first-order chi connectivity index (χ1) is 12.0. The van der Waals surface area contributed by atoms with Crippen molar-refractivity contribution < 1.29 is 23.5 Å². The van der Waals surface area contributed by atoms with Crippen molar-refractivity contribution in [3.63, 3.8) is 0 Å². The van der Waals surface area contributed by atoms with Gasteiger partial charge in [0.2, 0.25) is 5.78 Å². The van der Waals surface area contributed by atoms with Gasteiger partial charge in [0.25, 0.3) is 0 Å². The van der Waals surface area contributed by atoms with Crippen molar-refractivity contribution in [1.29, 1.82) is 0 Å². The maximum absolute atomic E-state index is 13.0. The summed E-state index contributed by atoms with van der Waals surface area (Å²) in [5, 5.41) is 0. The van der Waals surface area contributed by atoms with Crippen molar-refractivity contribution in [2.24, 2.45) is 0 Å². The number of carbonyl (C=O) groups excluding carboxylic acids is 3. The van der Waals surface area contributed by atoms with Crippen molar-refractivity contribution >= 4 is 17.5 Å². The van der Waals surface area contributed by atoms with Crippen LogP contribution in [0.3, 0.4) is 0 Å². The first-order valence-corrected chi connectivity index (χ1v) is 7.59. The molecule has 0 unspecified atom stereocenters. The highest BCUT2D eigenvalue weighted by molar-refractivity contribution is 6.38. The van der Waals surface area contributed by atoms with Gasteiger partial charge in [-0.2, -0.15) is 0 Å². The van der Waals surface area contributed by atoms with Gasteiger partial charge in [-0.3, -0.25) is 9.59 Å². The Bertz CT molecular complexity index is 843. The van der Waals surface area contributed by atoms with Gasteiger partial charge in [0.15, 0.2) is 5.78 Å². The van der Waals surface area contributed by atoms with Crippen LogP contribution in [0.1, 0.15) is 35.0 Å². The molecule has 6 heteroatoms. The van der Waals surface area contributed by atoms with Gasteiger partial charge in [0.1, 0.15) is 11.5 Å². The van der Waals surface area contributed by atoms with Crippen LogP contribution in [0.5, 0.6) is 0 Å². The highest BCUT2D eigenvalue weighted by atomic mass is 19.1. The molecule has 0 amide bonds. The summed E-state index contributed by atoms with van der Waals surface area (Å²) in [7, 11) is 0. The average molecular weight is 341 g/mol. The maximum atomic E-state index is 13.0. The molecule has 1 aromatic heterocycles. The van der Waals surface area contributed by atoms with Crippen LogP contribution < -0.4 is 0 Å². The van der Waals surface area contributed by atoms with Crippen molar-refractivity contribution in [2.45, 2.75) is 19.9 Å². The number of esters is 1. The smallest absolute Gasteiger partial charge is 0.375 e. The second kappa shape index (κ2) is 8.06. The molecule has 2 rings (SSSR count). The predicted molar refractivity (Wildman–Crippen MR) is 88.5 cm³/mol. The van der Waals surface area contributed by atoms with E-state index < -0.39 is 24.0 Å². The lowest BCUT2D eigenvalue weighted by Crippen LogP contribution is -2.22. The van der Waals surface area contributed by atoms with Gasteiger partial charge < -0.3 is 9.30 Å². The number of ether oxygens (including phenoxy) is 1. The van der Waals surface area contributed by atoms with Crippen molar-refractivity contribution in [1.82, 2.24) is 4.57 Å². The van der Waals surface area contributed by atoms with E-state index in [0.717, 1.165) is 5.56 Å². The number of benzene rings is 1. The molecular formula is C19H16FNO4. The Morgan fingerprint density at radius 3 is 2.48 bits per heavy atom. The number of rotatable bonds is 7. The van der Waals surface area contributed by atoms with Crippen LogP contribution >= 0.6 is 0 Å². The third-order valence-corrected chi connectivity index (χ3v) is 3.47. The molecule has 25 heavy (non-hydrogen) atoms. The summed E-state index contributed by atoms with van der Waals surface area (Å²) in [5.41, 5.74) is 1.24. The molecule has 0 aliphatic carbocycles. The molecule has 1 aromatic carbocycles. The Morgan fingerprint density at radius 1 is 1.20 bits per heavy atom. The maximum Gasteiger partial charge on any atom is 0.375 e. The summed E-state index contributed by atoms with van der Waals surface area (Å²) in [5.74, 6) is -0.518. The first-order valence-electron chi connectivity index (χ1n) is 7.59. The second-order valence-electron chi connectivity index (χ2n) is 5.22. The molecule has 5 nitrogen and oxygen atoms in total. The van der Waals surface area contributed by atoms with E-state index in [1.165, 1.54) is 12.1 Å². The number of Topliss-reactive ketones (excluding diaryl/α,β-unsaturated/α-hetero) is 2. The Balaban J connectivity index is 2.24. The molecule has 0 saturated heterocycles. The molecule has 0 fully saturated rings. The topological polar surface area (TPSA) is 65.4 Å². The predicted octanol–water partition coefficient (Wildman–Crippen LogP) is 2.36. The molecule has 0 spiro atoms. The number of hydrogen-bond donors (Lipinski definition) is 0. The number of terminal acetylenes is 1. The molecule has 0 radical (unpaired) electrons. The molecule has 0 aliphatic rings. The van der Waals surface area contributed by atoms with Crippen LogP contribution in [0.2, 0.25) is 0 Å². The molecule has 0 bridgehead atoms. The number of aromatic nitrogens is 1. The Kier molecular flexibility index (Phi) is 5.85. The van der Waals surface area contributed by atoms with E-state index in [1.54, 1.807) is 35.9 Å². The molecule has 0 saturated carbocycles. The Morgan fingerprint density at radius 2 is 1.88 bits per heavy atom. The van der Waals surface area contributed by atoms with E-state index >= 15 is 0 Å². The zero-order chi connectivity index (χ0) is 18.4. The number of halogens is 1. The van der Waals surface area contributed by atoms with Crippen LogP contribution in [0.25, 0.3) is 0 Å². The highest BCUT2D eigenvalue weighted by Gasteiger charge is 2.24. The number of ketones is 2. The van der Waals surface area contributed by atoms with E-state index in [-0.39, 0.29) is 24.7 Å². The first kappa shape index (κ1) is 18.1. The van der Waals surface area contributed by atoms with Gasteiger partial charge in [-0.25, -0.2) is 9.18 Å². The molecule has 1 heterocycles. The van der Waals surface area contributed by atoms with Gasteiger partial charge in [0, 0.05) is 12.7 Å². The number of nitrogens with zero attached hydrogens (tertiary/aromatic N) is 1. The van der Waals surface area contributed by atoms with Gasteiger partial charge in [0.05, 0.1) is 18.6 Å². The average Bonchev–Trinajstić information content (AvgIpc) is 2.99. The van der Waals surface area contributed by atoms with Crippen LogP contribution in [-0.4, -0.2) is 28.7 Å². The highest BCUT2D eigenvalue weighted by Crippen LogP contribution is 2.16. The summed E-state index contributed by atoms with van der Waals surface area (Å²) in [6, 6.07) is 7.37. The normalized spacial score (nSPS) is 10.1. The summed E-state index contributed by atoms with van der Waals surface area (Å²) < 4.78 is 19.2. The minimum absolute atomic E-state index is 0.0509. The lowest BCUT2D eigenvalue weighted by molar-refractivity contribution is -0.153.